The molecule has 2 aromatic carbocycles. The van der Waals surface area contributed by atoms with Gasteiger partial charge in [0.1, 0.15) is 18.3 Å². The SMILES string of the molecule is CC(C)(C)OC(=O)N[C@H]1CN(C(=O)OCc2ccccc2)CC[C@H]1OC(=O)c1ccc([N+](=O)[O-])cc1. The minimum atomic E-state index is -0.765. The second-order valence-corrected chi connectivity index (χ2v) is 9.28. The fraction of sp³-hybridized carbons (Fsp3) is 0.400. The van der Waals surface area contributed by atoms with Crippen LogP contribution < -0.4 is 5.32 Å². The summed E-state index contributed by atoms with van der Waals surface area (Å²) < 4.78 is 16.3. The topological polar surface area (TPSA) is 137 Å². The van der Waals surface area contributed by atoms with Crippen molar-refractivity contribution >= 4 is 23.8 Å². The number of carbonyl (C=O) groups excluding carboxylic acids is 3. The van der Waals surface area contributed by atoms with Crippen LogP contribution >= 0.6 is 0 Å². The molecule has 1 aliphatic heterocycles. The van der Waals surface area contributed by atoms with Gasteiger partial charge in [0.05, 0.1) is 16.5 Å². The van der Waals surface area contributed by atoms with Crippen LogP contribution in [0.25, 0.3) is 0 Å². The number of likely N-dealkylation sites (tertiary alicyclic amines) is 1. The Morgan fingerprint density at radius 2 is 1.75 bits per heavy atom. The molecule has 2 aromatic rings. The van der Waals surface area contributed by atoms with E-state index in [-0.39, 0.29) is 37.4 Å². The number of carbonyl (C=O) groups is 3. The Kier molecular flexibility index (Phi) is 8.46. The van der Waals surface area contributed by atoms with Crippen molar-refractivity contribution in [2.24, 2.45) is 0 Å². The van der Waals surface area contributed by atoms with Gasteiger partial charge in [0.25, 0.3) is 5.69 Å². The molecule has 2 atom stereocenters. The molecule has 0 bridgehead atoms. The first-order valence-electron chi connectivity index (χ1n) is 11.4. The van der Waals surface area contributed by atoms with E-state index < -0.39 is 40.8 Å². The van der Waals surface area contributed by atoms with E-state index >= 15 is 0 Å². The lowest BCUT2D eigenvalue weighted by Gasteiger charge is -2.38. The van der Waals surface area contributed by atoms with Crippen LogP contribution in [0.2, 0.25) is 0 Å². The van der Waals surface area contributed by atoms with Crippen molar-refractivity contribution in [1.29, 1.82) is 0 Å². The maximum Gasteiger partial charge on any atom is 0.410 e. The molecule has 1 N–H and O–H groups in total. The molecule has 0 unspecified atom stereocenters. The number of nitrogens with one attached hydrogen (secondary N) is 1. The van der Waals surface area contributed by atoms with E-state index in [2.05, 4.69) is 5.32 Å². The Bertz CT molecular complexity index is 1080. The van der Waals surface area contributed by atoms with Gasteiger partial charge in [0, 0.05) is 31.6 Å². The molecule has 0 aromatic heterocycles. The van der Waals surface area contributed by atoms with Crippen LogP contribution in [0.5, 0.6) is 0 Å². The number of rotatable bonds is 6. The molecule has 1 aliphatic rings. The molecular formula is C25H29N3O8. The highest BCUT2D eigenvalue weighted by atomic mass is 16.6. The third kappa shape index (κ3) is 7.69. The summed E-state index contributed by atoms with van der Waals surface area (Å²) in [5.74, 6) is -0.703. The molecule has 2 amide bonds. The van der Waals surface area contributed by atoms with Crippen LogP contribution in [-0.2, 0) is 20.8 Å². The first-order valence-corrected chi connectivity index (χ1v) is 11.4. The van der Waals surface area contributed by atoms with Crippen molar-refractivity contribution in [3.8, 4) is 0 Å². The summed E-state index contributed by atoms with van der Waals surface area (Å²) in [5.41, 5.74) is 0.0543. The zero-order valence-corrected chi connectivity index (χ0v) is 20.3. The zero-order valence-electron chi connectivity index (χ0n) is 20.3. The highest BCUT2D eigenvalue weighted by molar-refractivity contribution is 5.89. The molecule has 192 valence electrons. The van der Waals surface area contributed by atoms with Gasteiger partial charge in [0.2, 0.25) is 0 Å². The van der Waals surface area contributed by atoms with Crippen molar-refractivity contribution < 1.29 is 33.5 Å². The van der Waals surface area contributed by atoms with Crippen LogP contribution in [0, 0.1) is 10.1 Å². The number of amides is 2. The van der Waals surface area contributed by atoms with E-state index in [1.54, 1.807) is 20.8 Å². The van der Waals surface area contributed by atoms with Crippen molar-refractivity contribution in [2.75, 3.05) is 13.1 Å². The zero-order chi connectivity index (χ0) is 26.3. The van der Waals surface area contributed by atoms with Crippen molar-refractivity contribution in [2.45, 2.75) is 51.5 Å². The summed E-state index contributed by atoms with van der Waals surface area (Å²) in [5, 5.41) is 13.5. The highest BCUT2D eigenvalue weighted by Gasteiger charge is 2.36. The summed E-state index contributed by atoms with van der Waals surface area (Å²) in [6.07, 6.45) is -1.81. The Balaban J connectivity index is 1.67. The van der Waals surface area contributed by atoms with Crippen LogP contribution in [0.15, 0.2) is 54.6 Å². The lowest BCUT2D eigenvalue weighted by molar-refractivity contribution is -0.384. The minimum absolute atomic E-state index is 0.0328. The van der Waals surface area contributed by atoms with Crippen LogP contribution in [-0.4, -0.2) is 58.8 Å². The number of esters is 1. The van der Waals surface area contributed by atoms with E-state index in [1.807, 2.05) is 30.3 Å². The molecular weight excluding hydrogens is 470 g/mol. The second-order valence-electron chi connectivity index (χ2n) is 9.28. The number of alkyl carbamates (subject to hydrolysis) is 1. The Labute approximate surface area is 208 Å². The lowest BCUT2D eigenvalue weighted by Crippen LogP contribution is -2.58. The van der Waals surface area contributed by atoms with Crippen LogP contribution in [0.1, 0.15) is 43.1 Å². The number of hydrogen-bond donors (Lipinski definition) is 1. The Morgan fingerprint density at radius 3 is 2.36 bits per heavy atom. The fourth-order valence-corrected chi connectivity index (χ4v) is 3.57. The molecule has 11 nitrogen and oxygen atoms in total. The summed E-state index contributed by atoms with van der Waals surface area (Å²) in [4.78, 5) is 49.5. The number of ether oxygens (including phenoxy) is 3. The maximum atomic E-state index is 12.7. The number of nitro groups is 1. The van der Waals surface area contributed by atoms with Crippen LogP contribution in [0.4, 0.5) is 15.3 Å². The summed E-state index contributed by atoms with van der Waals surface area (Å²) in [6, 6.07) is 13.5. The van der Waals surface area contributed by atoms with Gasteiger partial charge in [-0.15, -0.1) is 0 Å². The van der Waals surface area contributed by atoms with Crippen molar-refractivity contribution in [1.82, 2.24) is 10.2 Å². The molecule has 0 aliphatic carbocycles. The molecule has 1 saturated heterocycles. The first kappa shape index (κ1) is 26.5. The summed E-state index contributed by atoms with van der Waals surface area (Å²) >= 11 is 0. The lowest BCUT2D eigenvalue weighted by atomic mass is 10.0. The van der Waals surface area contributed by atoms with Gasteiger partial charge in [-0.2, -0.15) is 0 Å². The number of non-ortho nitro benzene ring substituents is 1. The normalized spacial score (nSPS) is 17.6. The van der Waals surface area contributed by atoms with Gasteiger partial charge >= 0.3 is 18.2 Å². The number of piperidine rings is 1. The first-order chi connectivity index (χ1) is 17.0. The van der Waals surface area contributed by atoms with Gasteiger partial charge in [-0.25, -0.2) is 14.4 Å². The van der Waals surface area contributed by atoms with E-state index in [0.29, 0.717) is 0 Å². The van der Waals surface area contributed by atoms with Gasteiger partial charge in [-0.1, -0.05) is 30.3 Å². The van der Waals surface area contributed by atoms with Gasteiger partial charge in [-0.3, -0.25) is 10.1 Å². The predicted octanol–water partition coefficient (Wildman–Crippen LogP) is 4.06. The Morgan fingerprint density at radius 1 is 1.08 bits per heavy atom. The third-order valence-corrected chi connectivity index (χ3v) is 5.29. The van der Waals surface area contributed by atoms with Crippen molar-refractivity contribution in [3.63, 3.8) is 0 Å². The third-order valence-electron chi connectivity index (χ3n) is 5.29. The number of hydrogen-bond acceptors (Lipinski definition) is 8. The standard InChI is InChI=1S/C25H29N3O8/c1-25(2,3)36-23(30)26-20-15-27(24(31)34-16-17-7-5-4-6-8-17)14-13-21(20)35-22(29)18-9-11-19(12-10-18)28(32)33/h4-12,20-21H,13-16H2,1-3H3,(H,26,30)/t20-,21+/m0/s1. The van der Waals surface area contributed by atoms with Crippen LogP contribution in [0.3, 0.4) is 0 Å². The Hall–Kier alpha value is -4.15. The number of nitrogens with zero attached hydrogens (tertiary/aromatic N) is 2. The molecule has 11 heteroatoms. The molecule has 0 saturated carbocycles. The molecule has 1 fully saturated rings. The average Bonchev–Trinajstić information content (AvgIpc) is 2.83. The average molecular weight is 500 g/mol. The largest absolute Gasteiger partial charge is 0.456 e. The summed E-state index contributed by atoms with van der Waals surface area (Å²) in [6.45, 7) is 5.51. The van der Waals surface area contributed by atoms with E-state index in [4.69, 9.17) is 14.2 Å². The molecule has 0 radical (unpaired) electrons. The second kappa shape index (κ2) is 11.5. The minimum Gasteiger partial charge on any atom is -0.456 e. The molecule has 1 heterocycles. The molecule has 36 heavy (non-hydrogen) atoms. The quantitative estimate of drug-likeness (QED) is 0.272. The fourth-order valence-electron chi connectivity index (χ4n) is 3.57. The summed E-state index contributed by atoms with van der Waals surface area (Å²) in [7, 11) is 0. The van der Waals surface area contributed by atoms with E-state index in [0.717, 1.165) is 5.56 Å². The predicted molar refractivity (Wildman–Crippen MR) is 128 cm³/mol. The van der Waals surface area contributed by atoms with E-state index in [9.17, 15) is 24.5 Å². The number of nitro benzene ring substituents is 1. The molecule has 3 rings (SSSR count). The number of benzene rings is 2. The maximum absolute atomic E-state index is 12.7. The van der Waals surface area contributed by atoms with Gasteiger partial charge < -0.3 is 24.4 Å². The smallest absolute Gasteiger partial charge is 0.410 e. The molecule has 0 spiro atoms. The highest BCUT2D eigenvalue weighted by Crippen LogP contribution is 2.20. The van der Waals surface area contributed by atoms with Gasteiger partial charge in [0.15, 0.2) is 0 Å². The monoisotopic (exact) mass is 499 g/mol. The van der Waals surface area contributed by atoms with Gasteiger partial charge in [-0.05, 0) is 38.5 Å². The van der Waals surface area contributed by atoms with E-state index in [1.165, 1.54) is 29.2 Å². The van der Waals surface area contributed by atoms with Crippen molar-refractivity contribution in [3.05, 3.63) is 75.8 Å².